The van der Waals surface area contributed by atoms with Gasteiger partial charge in [0.25, 0.3) is 0 Å². The third-order valence-corrected chi connectivity index (χ3v) is 5.74. The number of unbranched alkanes of at least 4 members (excludes halogenated alkanes) is 1. The van der Waals surface area contributed by atoms with Crippen molar-refractivity contribution in [1.82, 2.24) is 16.0 Å². The first-order valence-electron chi connectivity index (χ1n) is 13.3. The molecule has 1 aromatic carbocycles. The molecule has 0 saturated heterocycles. The fourth-order valence-electron chi connectivity index (χ4n) is 3.57. The Morgan fingerprint density at radius 3 is 2.44 bits per heavy atom. The van der Waals surface area contributed by atoms with Crippen LogP contribution in [-0.2, 0) is 30.5 Å². The Morgan fingerprint density at radius 1 is 1.03 bits per heavy atom. The Labute approximate surface area is 231 Å². The van der Waals surface area contributed by atoms with Gasteiger partial charge in [-0.25, -0.2) is 4.79 Å². The van der Waals surface area contributed by atoms with E-state index in [1.54, 1.807) is 19.1 Å². The second-order valence-electron chi connectivity index (χ2n) is 9.28. The summed E-state index contributed by atoms with van der Waals surface area (Å²) < 4.78 is 10.5. The number of amides is 3. The number of esters is 1. The zero-order valence-corrected chi connectivity index (χ0v) is 22.9. The first kappa shape index (κ1) is 33.4. The number of benzene rings is 1. The van der Waals surface area contributed by atoms with E-state index < -0.39 is 30.1 Å². The predicted molar refractivity (Wildman–Crippen MR) is 148 cm³/mol. The van der Waals surface area contributed by atoms with Crippen LogP contribution in [0.25, 0.3) is 0 Å². The molecule has 0 saturated carbocycles. The first-order chi connectivity index (χ1) is 18.8. The third-order valence-electron chi connectivity index (χ3n) is 5.74. The van der Waals surface area contributed by atoms with Gasteiger partial charge in [0.2, 0.25) is 11.8 Å². The van der Waals surface area contributed by atoms with Gasteiger partial charge in [-0.2, -0.15) is 0 Å². The number of hydrogen-bond donors (Lipinski definition) is 4. The van der Waals surface area contributed by atoms with Gasteiger partial charge >= 0.3 is 12.1 Å². The number of hydrogen-bond acceptors (Lipinski definition) is 7. The number of allylic oxidation sites excluding steroid dienone is 2. The van der Waals surface area contributed by atoms with Gasteiger partial charge in [-0.15, -0.1) is 13.2 Å². The molecule has 0 radical (unpaired) electrons. The molecule has 3 amide bonds. The maximum Gasteiger partial charge on any atom is 0.407 e. The lowest BCUT2D eigenvalue weighted by molar-refractivity contribution is -0.145. The molecule has 0 spiro atoms. The molecular formula is C29H43N3O7. The summed E-state index contributed by atoms with van der Waals surface area (Å²) in [5, 5.41) is 17.4. The number of aliphatic hydroxyl groups excluding tert-OH is 1. The zero-order valence-electron chi connectivity index (χ0n) is 22.9. The molecule has 0 bridgehead atoms. The van der Waals surface area contributed by atoms with Crippen LogP contribution < -0.4 is 16.0 Å². The van der Waals surface area contributed by atoms with Crippen molar-refractivity contribution in [2.75, 3.05) is 19.8 Å². The van der Waals surface area contributed by atoms with Crippen molar-refractivity contribution < 1.29 is 33.8 Å². The van der Waals surface area contributed by atoms with E-state index in [1.165, 1.54) is 0 Å². The smallest absolute Gasteiger partial charge is 0.407 e. The van der Waals surface area contributed by atoms with Crippen molar-refractivity contribution in [2.24, 2.45) is 5.92 Å². The Balaban J connectivity index is 2.58. The summed E-state index contributed by atoms with van der Waals surface area (Å²) in [6, 6.07) is 8.47. The molecule has 0 aromatic heterocycles. The van der Waals surface area contributed by atoms with Crippen LogP contribution in [0.5, 0.6) is 0 Å². The summed E-state index contributed by atoms with van der Waals surface area (Å²) in [7, 11) is 0. The number of aliphatic hydroxyl groups is 1. The molecular weight excluding hydrogens is 502 g/mol. The third kappa shape index (κ3) is 16.0. The van der Waals surface area contributed by atoms with Crippen LogP contribution in [0.15, 0.2) is 55.6 Å². The van der Waals surface area contributed by atoms with Crippen LogP contribution >= 0.6 is 0 Å². The highest BCUT2D eigenvalue weighted by Crippen LogP contribution is 2.12. The highest BCUT2D eigenvalue weighted by Gasteiger charge is 2.24. The molecule has 1 aromatic rings. The number of alkyl carbamates (subject to hydrolysis) is 1. The minimum atomic E-state index is -0.659. The number of nitrogens with one attached hydrogen (secondary N) is 3. The normalized spacial score (nSPS) is 12.8. The lowest BCUT2D eigenvalue weighted by Crippen LogP contribution is -2.44. The average Bonchev–Trinajstić information content (AvgIpc) is 2.93. The van der Waals surface area contributed by atoms with Crippen LogP contribution in [-0.4, -0.2) is 60.8 Å². The Kier molecular flexibility index (Phi) is 17.4. The van der Waals surface area contributed by atoms with Crippen molar-refractivity contribution in [3.63, 3.8) is 0 Å². The molecule has 0 aliphatic rings. The highest BCUT2D eigenvalue weighted by atomic mass is 16.5. The molecule has 3 atom stereocenters. The van der Waals surface area contributed by atoms with Gasteiger partial charge in [-0.3, -0.25) is 14.4 Å². The number of ether oxygens (including phenoxy) is 2. The molecule has 10 nitrogen and oxygen atoms in total. The van der Waals surface area contributed by atoms with E-state index in [9.17, 15) is 19.2 Å². The second kappa shape index (κ2) is 20.3. The van der Waals surface area contributed by atoms with Crippen LogP contribution in [0.1, 0.15) is 57.4 Å². The minimum Gasteiger partial charge on any atom is -0.463 e. The van der Waals surface area contributed by atoms with Crippen LogP contribution in [0.4, 0.5) is 4.79 Å². The summed E-state index contributed by atoms with van der Waals surface area (Å²) >= 11 is 0. The number of rotatable bonds is 20. The molecule has 0 unspecified atom stereocenters. The molecule has 0 fully saturated rings. The van der Waals surface area contributed by atoms with E-state index in [0.717, 1.165) is 5.56 Å². The van der Waals surface area contributed by atoms with Crippen molar-refractivity contribution in [2.45, 2.75) is 70.6 Å². The maximum absolute atomic E-state index is 13.0. The van der Waals surface area contributed by atoms with Crippen LogP contribution in [0.3, 0.4) is 0 Å². The van der Waals surface area contributed by atoms with Gasteiger partial charge in [0, 0.05) is 25.4 Å². The lowest BCUT2D eigenvalue weighted by atomic mass is 9.98. The van der Waals surface area contributed by atoms with Crippen molar-refractivity contribution >= 4 is 23.9 Å². The van der Waals surface area contributed by atoms with Crippen LogP contribution in [0, 0.1) is 5.92 Å². The fraction of sp³-hybridized carbons (Fsp3) is 0.517. The quantitative estimate of drug-likeness (QED) is 0.112. The molecule has 0 aliphatic carbocycles. The van der Waals surface area contributed by atoms with E-state index in [-0.39, 0.29) is 50.9 Å². The molecule has 1 rings (SSSR count). The molecule has 10 heteroatoms. The van der Waals surface area contributed by atoms with Crippen LogP contribution in [0.2, 0.25) is 0 Å². The van der Waals surface area contributed by atoms with Crippen molar-refractivity contribution in [1.29, 1.82) is 0 Å². The zero-order chi connectivity index (χ0) is 28.9. The van der Waals surface area contributed by atoms with E-state index in [1.807, 2.05) is 30.3 Å². The summed E-state index contributed by atoms with van der Waals surface area (Å²) in [6.07, 6.45) is 5.34. The summed E-state index contributed by atoms with van der Waals surface area (Å²) in [5.74, 6) is -1.75. The first-order valence-corrected chi connectivity index (χ1v) is 13.3. The van der Waals surface area contributed by atoms with Gasteiger partial charge in [-0.05, 0) is 44.6 Å². The molecule has 4 N–H and O–H groups in total. The fourth-order valence-corrected chi connectivity index (χ4v) is 3.57. The maximum atomic E-state index is 13.0. The Hall–Kier alpha value is -3.66. The molecule has 0 heterocycles. The summed E-state index contributed by atoms with van der Waals surface area (Å²) in [5.41, 5.74) is 0.893. The van der Waals surface area contributed by atoms with Crippen molar-refractivity contribution in [3.8, 4) is 0 Å². The van der Waals surface area contributed by atoms with Gasteiger partial charge in [0.15, 0.2) is 0 Å². The van der Waals surface area contributed by atoms with Gasteiger partial charge in [0.1, 0.15) is 13.2 Å². The number of carbonyl (C=O) groups excluding carboxylic acids is 4. The minimum absolute atomic E-state index is 0.0111. The van der Waals surface area contributed by atoms with E-state index in [2.05, 4.69) is 29.1 Å². The predicted octanol–water partition coefficient (Wildman–Crippen LogP) is 3.16. The summed E-state index contributed by atoms with van der Waals surface area (Å²) in [6.45, 7) is 9.28. The lowest BCUT2D eigenvalue weighted by Gasteiger charge is -2.23. The largest absolute Gasteiger partial charge is 0.463 e. The molecule has 0 aliphatic heterocycles. The Bertz CT molecular complexity index is 907. The number of carbonyl (C=O) groups is 4. The molecule has 216 valence electrons. The van der Waals surface area contributed by atoms with Crippen molar-refractivity contribution in [3.05, 3.63) is 61.2 Å². The summed E-state index contributed by atoms with van der Waals surface area (Å²) in [4.78, 5) is 49.2. The SMILES string of the molecule is C=CCCC(=O)OC[C@H](CCCCNC(=O)OCc1ccccc1)NC(=O)[C@@H](CC=C)CC(=O)N[C@H](C)CO. The van der Waals surface area contributed by atoms with E-state index in [0.29, 0.717) is 32.2 Å². The van der Waals surface area contributed by atoms with Gasteiger partial charge in [-0.1, -0.05) is 42.5 Å². The highest BCUT2D eigenvalue weighted by molar-refractivity contribution is 5.86. The monoisotopic (exact) mass is 545 g/mol. The topological polar surface area (TPSA) is 143 Å². The standard InChI is InChI=1S/C29H43N3O7/c1-4-6-16-27(35)38-21-25(32-28(36)24(12-5-2)18-26(34)31-22(3)19-33)15-10-11-17-30-29(37)39-20-23-13-8-7-9-14-23/h4-5,7-9,13-14,22,24-25,33H,1-2,6,10-12,15-21H2,3H3,(H,30,37)(H,31,34)(H,32,36)/t22-,24+,25+/m1/s1. The van der Waals surface area contributed by atoms with E-state index in [4.69, 9.17) is 14.6 Å². The Morgan fingerprint density at radius 2 is 1.77 bits per heavy atom. The second-order valence-corrected chi connectivity index (χ2v) is 9.28. The average molecular weight is 546 g/mol. The van der Waals surface area contributed by atoms with E-state index >= 15 is 0 Å². The van der Waals surface area contributed by atoms with Gasteiger partial charge < -0.3 is 30.5 Å². The van der Waals surface area contributed by atoms with Gasteiger partial charge in [0.05, 0.1) is 18.6 Å². The molecule has 39 heavy (non-hydrogen) atoms.